The van der Waals surface area contributed by atoms with E-state index < -0.39 is 0 Å². The van der Waals surface area contributed by atoms with Gasteiger partial charge in [-0.25, -0.2) is 0 Å². The van der Waals surface area contributed by atoms with Gasteiger partial charge in [0.25, 0.3) is 0 Å². The van der Waals surface area contributed by atoms with Crippen molar-refractivity contribution in [3.05, 3.63) is 48.5 Å². The topological polar surface area (TPSA) is 33.3 Å². The summed E-state index contributed by atoms with van der Waals surface area (Å²) in [7, 11) is 10.2. The number of anilines is 4. The molecule has 6 nitrogen and oxygen atoms in total. The lowest BCUT2D eigenvalue weighted by molar-refractivity contribution is -0.119. The first-order valence-corrected chi connectivity index (χ1v) is 10.1. The molecule has 0 atom stereocenters. The van der Waals surface area contributed by atoms with Crippen LogP contribution in [0.5, 0.6) is 0 Å². The van der Waals surface area contributed by atoms with E-state index in [1.165, 1.54) is 0 Å². The number of likely N-dealkylation sites (N-methyl/N-ethyl adjacent to an activating group) is 1. The third-order valence-electron chi connectivity index (χ3n) is 5.45. The lowest BCUT2D eigenvalue weighted by Gasteiger charge is -2.33. The summed E-state index contributed by atoms with van der Waals surface area (Å²) in [6.45, 7) is 4.29. The van der Waals surface area contributed by atoms with Crippen molar-refractivity contribution in [2.24, 2.45) is 0 Å². The molecule has 1 heterocycles. The highest BCUT2D eigenvalue weighted by Crippen LogP contribution is 2.29. The van der Waals surface area contributed by atoms with E-state index in [0.29, 0.717) is 6.54 Å². The van der Waals surface area contributed by atoms with E-state index in [1.807, 2.05) is 57.4 Å². The molecule has 1 aliphatic rings. The molecular weight excluding hydrogens is 362 g/mol. The van der Waals surface area contributed by atoms with Gasteiger partial charge in [-0.15, -0.1) is 0 Å². The van der Waals surface area contributed by atoms with Crippen LogP contribution >= 0.6 is 0 Å². The molecule has 0 aliphatic carbocycles. The van der Waals surface area contributed by atoms with Crippen molar-refractivity contribution >= 4 is 28.7 Å². The fourth-order valence-electron chi connectivity index (χ4n) is 3.50. The summed E-state index contributed by atoms with van der Waals surface area (Å²) in [6.07, 6.45) is 0. The maximum absolute atomic E-state index is 13.4. The molecule has 0 bridgehead atoms. The predicted molar refractivity (Wildman–Crippen MR) is 123 cm³/mol. The molecule has 1 saturated heterocycles. The molecule has 0 radical (unpaired) electrons. The Morgan fingerprint density at radius 1 is 0.724 bits per heavy atom. The van der Waals surface area contributed by atoms with E-state index >= 15 is 0 Å². The summed E-state index contributed by atoms with van der Waals surface area (Å²) in [6, 6.07) is 16.3. The van der Waals surface area contributed by atoms with Crippen LogP contribution in [0.1, 0.15) is 0 Å². The van der Waals surface area contributed by atoms with E-state index in [-0.39, 0.29) is 5.91 Å². The van der Waals surface area contributed by atoms with Crippen LogP contribution in [0.4, 0.5) is 22.7 Å². The van der Waals surface area contributed by atoms with Gasteiger partial charge in [-0.2, -0.15) is 0 Å². The van der Waals surface area contributed by atoms with E-state index in [9.17, 15) is 4.79 Å². The molecule has 29 heavy (non-hydrogen) atoms. The van der Waals surface area contributed by atoms with E-state index in [4.69, 9.17) is 0 Å². The molecule has 156 valence electrons. The highest BCUT2D eigenvalue weighted by molar-refractivity contribution is 6.02. The number of rotatable bonds is 6. The average Bonchev–Trinajstić information content (AvgIpc) is 2.71. The van der Waals surface area contributed by atoms with Crippen molar-refractivity contribution in [2.75, 3.05) is 82.7 Å². The molecule has 1 fully saturated rings. The number of hydrogen-bond acceptors (Lipinski definition) is 5. The van der Waals surface area contributed by atoms with Gasteiger partial charge >= 0.3 is 0 Å². The molecule has 0 N–H and O–H groups in total. The third kappa shape index (κ3) is 5.28. The molecule has 1 aliphatic heterocycles. The Bertz CT molecular complexity index is 742. The van der Waals surface area contributed by atoms with Crippen molar-refractivity contribution in [2.45, 2.75) is 0 Å². The summed E-state index contributed by atoms with van der Waals surface area (Å²) < 4.78 is 0. The van der Waals surface area contributed by atoms with Crippen molar-refractivity contribution < 1.29 is 4.79 Å². The van der Waals surface area contributed by atoms with Crippen molar-refractivity contribution in [3.63, 3.8) is 0 Å². The van der Waals surface area contributed by atoms with Crippen LogP contribution in [0.2, 0.25) is 0 Å². The number of hydrogen-bond donors (Lipinski definition) is 0. The minimum Gasteiger partial charge on any atom is -0.378 e. The van der Waals surface area contributed by atoms with Gasteiger partial charge in [0.1, 0.15) is 0 Å². The summed E-state index contributed by atoms with van der Waals surface area (Å²) in [4.78, 5) is 23.9. The molecule has 6 heteroatoms. The molecule has 0 saturated carbocycles. The number of carbonyl (C=O) groups is 1. The molecule has 3 rings (SSSR count). The van der Waals surface area contributed by atoms with Crippen molar-refractivity contribution in [3.8, 4) is 0 Å². The zero-order valence-electron chi connectivity index (χ0n) is 18.3. The zero-order chi connectivity index (χ0) is 21.0. The first kappa shape index (κ1) is 21.1. The SMILES string of the molecule is CN1CCN(CC(=O)N(c2ccc(N(C)C)cc2)c2ccc(N(C)C)cc2)CC1. The van der Waals surface area contributed by atoms with E-state index in [0.717, 1.165) is 48.9 Å². The van der Waals surface area contributed by atoms with Gasteiger partial charge in [-0.1, -0.05) is 0 Å². The Hall–Kier alpha value is -2.57. The number of amides is 1. The van der Waals surface area contributed by atoms with E-state index in [1.54, 1.807) is 0 Å². The molecule has 2 aromatic carbocycles. The van der Waals surface area contributed by atoms with Gasteiger partial charge in [0.15, 0.2) is 0 Å². The number of benzene rings is 2. The van der Waals surface area contributed by atoms with Crippen LogP contribution in [0.25, 0.3) is 0 Å². The second-order valence-electron chi connectivity index (χ2n) is 8.13. The van der Waals surface area contributed by atoms with Crippen LogP contribution in [0, 0.1) is 0 Å². The summed E-state index contributed by atoms with van der Waals surface area (Å²) in [5.41, 5.74) is 4.02. The summed E-state index contributed by atoms with van der Waals surface area (Å²) in [5.74, 6) is 0.102. The van der Waals surface area contributed by atoms with Gasteiger partial charge in [-0.3, -0.25) is 14.6 Å². The van der Waals surface area contributed by atoms with E-state index in [2.05, 4.69) is 50.9 Å². The zero-order valence-corrected chi connectivity index (χ0v) is 18.3. The average molecular weight is 396 g/mol. The number of piperazine rings is 1. The third-order valence-corrected chi connectivity index (χ3v) is 5.45. The van der Waals surface area contributed by atoms with Gasteiger partial charge in [0, 0.05) is 77.1 Å². The predicted octanol–water partition coefficient (Wildman–Crippen LogP) is 2.73. The largest absolute Gasteiger partial charge is 0.378 e. The van der Waals surface area contributed by atoms with Crippen LogP contribution in [-0.2, 0) is 4.79 Å². The lowest BCUT2D eigenvalue weighted by Crippen LogP contribution is -2.48. The molecule has 1 amide bonds. The number of nitrogens with zero attached hydrogens (tertiary/aromatic N) is 5. The molecule has 2 aromatic rings. The highest BCUT2D eigenvalue weighted by Gasteiger charge is 2.23. The first-order chi connectivity index (χ1) is 13.8. The summed E-state index contributed by atoms with van der Waals surface area (Å²) >= 11 is 0. The smallest absolute Gasteiger partial charge is 0.245 e. The van der Waals surface area contributed by atoms with Crippen LogP contribution in [-0.4, -0.2) is 83.7 Å². The second kappa shape index (κ2) is 9.29. The first-order valence-electron chi connectivity index (χ1n) is 10.1. The highest BCUT2D eigenvalue weighted by atomic mass is 16.2. The van der Waals surface area contributed by atoms with Gasteiger partial charge < -0.3 is 14.7 Å². The maximum Gasteiger partial charge on any atom is 0.245 e. The monoisotopic (exact) mass is 395 g/mol. The Balaban J connectivity index is 1.87. The Labute approximate surface area is 174 Å². The standard InChI is InChI=1S/C23H33N5O/c1-24(2)19-6-10-21(11-7-19)28(22-12-8-20(9-13-22)25(3)4)23(29)18-27-16-14-26(5)15-17-27/h6-13H,14-18H2,1-5H3. The van der Waals surface area contributed by atoms with Crippen LogP contribution in [0.3, 0.4) is 0 Å². The van der Waals surface area contributed by atoms with Gasteiger partial charge in [0.2, 0.25) is 5.91 Å². The lowest BCUT2D eigenvalue weighted by atomic mass is 10.2. The minimum absolute atomic E-state index is 0.102. The Kier molecular flexibility index (Phi) is 6.77. The fourth-order valence-corrected chi connectivity index (χ4v) is 3.50. The quantitative estimate of drug-likeness (QED) is 0.751. The summed E-state index contributed by atoms with van der Waals surface area (Å²) in [5, 5.41) is 0. The molecule has 0 spiro atoms. The minimum atomic E-state index is 0.102. The molecule has 0 aromatic heterocycles. The Morgan fingerprint density at radius 2 is 1.10 bits per heavy atom. The van der Waals surface area contributed by atoms with Crippen LogP contribution in [0.15, 0.2) is 48.5 Å². The van der Waals surface area contributed by atoms with Crippen molar-refractivity contribution in [1.29, 1.82) is 0 Å². The molecule has 0 unspecified atom stereocenters. The van der Waals surface area contributed by atoms with Gasteiger partial charge in [-0.05, 0) is 55.6 Å². The van der Waals surface area contributed by atoms with Gasteiger partial charge in [0.05, 0.1) is 6.54 Å². The number of carbonyl (C=O) groups excluding carboxylic acids is 1. The van der Waals surface area contributed by atoms with Crippen LogP contribution < -0.4 is 14.7 Å². The second-order valence-corrected chi connectivity index (χ2v) is 8.13. The normalized spacial score (nSPS) is 15.2. The Morgan fingerprint density at radius 3 is 1.48 bits per heavy atom. The molecular formula is C23H33N5O. The fraction of sp³-hybridized carbons (Fsp3) is 0.435. The van der Waals surface area contributed by atoms with Crippen molar-refractivity contribution in [1.82, 2.24) is 9.80 Å². The maximum atomic E-state index is 13.4.